The molecule has 0 unspecified atom stereocenters. The molecule has 1 heterocycles. The van der Waals surface area contributed by atoms with Crippen molar-refractivity contribution in [2.24, 2.45) is 10.2 Å². The number of rotatable bonds is 5. The van der Waals surface area contributed by atoms with Gasteiger partial charge in [-0.2, -0.15) is 0 Å². The summed E-state index contributed by atoms with van der Waals surface area (Å²) in [5.41, 5.74) is 0. The minimum absolute atomic E-state index is 0.0280. The Bertz CT molecular complexity index is 295. The third-order valence-corrected chi connectivity index (χ3v) is 1.82. The molecule has 0 bridgehead atoms. The number of hydrogen-bond donors (Lipinski definition) is 1. The van der Waals surface area contributed by atoms with Crippen LogP contribution in [-0.2, 0) is 4.79 Å². The predicted octanol–water partition coefficient (Wildman–Crippen LogP) is 0.911. The van der Waals surface area contributed by atoms with E-state index in [1.165, 1.54) is 0 Å². The average Bonchev–Trinajstić information content (AvgIpc) is 2.53. The van der Waals surface area contributed by atoms with E-state index in [1.807, 2.05) is 6.92 Å². The quantitative estimate of drug-likeness (QED) is 0.734. The molecular weight excluding hydrogens is 200 g/mol. The van der Waals surface area contributed by atoms with Crippen molar-refractivity contribution >= 4 is 18.0 Å². The van der Waals surface area contributed by atoms with Crippen LogP contribution in [0.3, 0.4) is 0 Å². The van der Waals surface area contributed by atoms with Gasteiger partial charge in [-0.25, -0.2) is 14.5 Å². The van der Waals surface area contributed by atoms with Gasteiger partial charge in [-0.3, -0.25) is 4.79 Å². The van der Waals surface area contributed by atoms with Crippen molar-refractivity contribution < 1.29 is 14.4 Å². The highest BCUT2D eigenvalue weighted by Gasteiger charge is 2.27. The van der Waals surface area contributed by atoms with E-state index < -0.39 is 12.1 Å². The number of nitrogens with zero attached hydrogens (tertiary/aromatic N) is 3. The smallest absolute Gasteiger partial charge is 0.356 e. The van der Waals surface area contributed by atoms with Gasteiger partial charge >= 0.3 is 12.1 Å². The fraction of sp³-hybridized carbons (Fsp3) is 0.625. The lowest BCUT2D eigenvalue weighted by Crippen LogP contribution is -2.33. The van der Waals surface area contributed by atoms with Crippen molar-refractivity contribution in [3.05, 3.63) is 0 Å². The van der Waals surface area contributed by atoms with E-state index >= 15 is 0 Å². The van der Waals surface area contributed by atoms with Crippen LogP contribution in [0.2, 0.25) is 0 Å². The maximum Gasteiger partial charge on any atom is 0.370 e. The van der Waals surface area contributed by atoms with Gasteiger partial charge in [-0.05, 0) is 6.42 Å². The zero-order valence-electron chi connectivity index (χ0n) is 8.39. The molecule has 0 saturated carbocycles. The Hall–Kier alpha value is -1.79. The second-order valence-corrected chi connectivity index (χ2v) is 3.02. The molecule has 0 atom stereocenters. The molecular formula is C8H12N4O3. The maximum atomic E-state index is 11.2. The van der Waals surface area contributed by atoms with Crippen LogP contribution in [0.5, 0.6) is 0 Å². The average molecular weight is 212 g/mol. The van der Waals surface area contributed by atoms with E-state index in [1.54, 1.807) is 0 Å². The van der Waals surface area contributed by atoms with E-state index in [9.17, 15) is 14.4 Å². The lowest BCUT2D eigenvalue weighted by atomic mass is 10.3. The molecule has 0 aromatic carbocycles. The molecule has 0 spiro atoms. The summed E-state index contributed by atoms with van der Waals surface area (Å²) in [5, 5.41) is 8.78. The standard InChI is InChI=1S/C8H12N4O3/c1-2-4-9-6(13)3-5-12-7(14)10-11-8(12)15/h2-5H2,1H3,(H,9,13). The van der Waals surface area contributed by atoms with Crippen LogP contribution in [0.15, 0.2) is 10.2 Å². The fourth-order valence-electron chi connectivity index (χ4n) is 1.03. The van der Waals surface area contributed by atoms with Crippen LogP contribution in [0.4, 0.5) is 9.59 Å². The lowest BCUT2D eigenvalue weighted by Gasteiger charge is -2.09. The number of hydrogen-bond acceptors (Lipinski definition) is 3. The second kappa shape index (κ2) is 5.18. The van der Waals surface area contributed by atoms with Crippen molar-refractivity contribution in [2.45, 2.75) is 19.8 Å². The van der Waals surface area contributed by atoms with E-state index in [4.69, 9.17) is 0 Å². The van der Waals surface area contributed by atoms with Crippen molar-refractivity contribution in [2.75, 3.05) is 13.1 Å². The van der Waals surface area contributed by atoms with Crippen molar-refractivity contribution in [3.63, 3.8) is 0 Å². The Labute approximate surface area is 86.5 Å². The highest BCUT2D eigenvalue weighted by molar-refractivity contribution is 5.98. The van der Waals surface area contributed by atoms with Crippen LogP contribution in [0.25, 0.3) is 0 Å². The zero-order chi connectivity index (χ0) is 11.3. The molecule has 1 aliphatic rings. The summed E-state index contributed by atoms with van der Waals surface area (Å²) in [6, 6.07) is -1.41. The highest BCUT2D eigenvalue weighted by atomic mass is 16.2. The Balaban J connectivity index is 2.28. The van der Waals surface area contributed by atoms with Gasteiger partial charge in [0.1, 0.15) is 0 Å². The third kappa shape index (κ3) is 3.12. The van der Waals surface area contributed by atoms with Crippen LogP contribution in [0.1, 0.15) is 19.8 Å². The summed E-state index contributed by atoms with van der Waals surface area (Å²) < 4.78 is 0. The summed E-state index contributed by atoms with van der Waals surface area (Å²) in [4.78, 5) is 33.8. The molecule has 7 nitrogen and oxygen atoms in total. The van der Waals surface area contributed by atoms with Gasteiger partial charge in [-0.15, -0.1) is 0 Å². The highest BCUT2D eigenvalue weighted by Crippen LogP contribution is 2.07. The number of azo groups is 1. The van der Waals surface area contributed by atoms with Gasteiger partial charge < -0.3 is 5.32 Å². The SMILES string of the molecule is CCCNC(=O)CCN1C(=O)N=NC1=O. The molecule has 82 valence electrons. The van der Waals surface area contributed by atoms with Crippen molar-refractivity contribution in [3.8, 4) is 0 Å². The molecule has 5 amide bonds. The first kappa shape index (κ1) is 11.3. The van der Waals surface area contributed by atoms with Gasteiger partial charge in [-0.1, -0.05) is 17.2 Å². The molecule has 0 radical (unpaired) electrons. The largest absolute Gasteiger partial charge is 0.370 e. The third-order valence-electron chi connectivity index (χ3n) is 1.82. The predicted molar refractivity (Wildman–Crippen MR) is 50.3 cm³/mol. The summed E-state index contributed by atoms with van der Waals surface area (Å²) in [6.45, 7) is 2.56. The normalized spacial score (nSPS) is 14.9. The van der Waals surface area contributed by atoms with E-state index in [0.717, 1.165) is 11.3 Å². The Morgan fingerprint density at radius 3 is 2.47 bits per heavy atom. The summed E-state index contributed by atoms with van der Waals surface area (Å²) in [7, 11) is 0. The number of amides is 5. The summed E-state index contributed by atoms with van der Waals surface area (Å²) >= 11 is 0. The second-order valence-electron chi connectivity index (χ2n) is 3.02. The molecule has 0 aromatic rings. The topological polar surface area (TPSA) is 91.2 Å². The van der Waals surface area contributed by atoms with Crippen molar-refractivity contribution in [1.29, 1.82) is 0 Å². The van der Waals surface area contributed by atoms with Gasteiger partial charge in [0.25, 0.3) is 0 Å². The van der Waals surface area contributed by atoms with E-state index in [0.29, 0.717) is 6.54 Å². The van der Waals surface area contributed by atoms with Gasteiger partial charge in [0.15, 0.2) is 0 Å². The zero-order valence-corrected chi connectivity index (χ0v) is 8.39. The number of urea groups is 2. The van der Waals surface area contributed by atoms with Gasteiger partial charge in [0.2, 0.25) is 5.91 Å². The minimum atomic E-state index is -0.705. The molecule has 1 N–H and O–H groups in total. The van der Waals surface area contributed by atoms with Crippen LogP contribution in [0, 0.1) is 0 Å². The lowest BCUT2D eigenvalue weighted by molar-refractivity contribution is -0.121. The molecule has 0 aliphatic carbocycles. The Morgan fingerprint density at radius 1 is 1.33 bits per heavy atom. The number of nitrogens with one attached hydrogen (secondary N) is 1. The first-order valence-electron chi connectivity index (χ1n) is 4.69. The molecule has 0 fully saturated rings. The van der Waals surface area contributed by atoms with E-state index in [-0.39, 0.29) is 18.9 Å². The summed E-state index contributed by atoms with van der Waals surface area (Å²) in [6.07, 6.45) is 0.931. The van der Waals surface area contributed by atoms with Crippen LogP contribution >= 0.6 is 0 Å². The molecule has 7 heteroatoms. The number of carbonyl (C=O) groups is 3. The molecule has 1 aliphatic heterocycles. The molecule has 1 rings (SSSR count). The van der Waals surface area contributed by atoms with Crippen molar-refractivity contribution in [1.82, 2.24) is 10.2 Å². The number of imide groups is 1. The Kier molecular flexibility index (Phi) is 3.90. The van der Waals surface area contributed by atoms with Crippen LogP contribution in [-0.4, -0.2) is 36.0 Å². The fourth-order valence-corrected chi connectivity index (χ4v) is 1.03. The van der Waals surface area contributed by atoms with Gasteiger partial charge in [0.05, 0.1) is 0 Å². The Morgan fingerprint density at radius 2 is 1.93 bits per heavy atom. The number of carbonyl (C=O) groups excluding carboxylic acids is 3. The van der Waals surface area contributed by atoms with E-state index in [2.05, 4.69) is 15.5 Å². The minimum Gasteiger partial charge on any atom is -0.356 e. The monoisotopic (exact) mass is 212 g/mol. The summed E-state index contributed by atoms with van der Waals surface area (Å²) in [5.74, 6) is -0.190. The molecule has 0 saturated heterocycles. The molecule has 15 heavy (non-hydrogen) atoms. The molecule has 0 aromatic heterocycles. The van der Waals surface area contributed by atoms with Gasteiger partial charge in [0, 0.05) is 19.5 Å². The first-order valence-corrected chi connectivity index (χ1v) is 4.69. The maximum absolute atomic E-state index is 11.2. The van der Waals surface area contributed by atoms with Crippen LogP contribution < -0.4 is 5.32 Å². The first-order chi connectivity index (χ1) is 7.15.